The minimum Gasteiger partial charge on any atom is -0.464 e. The molecule has 2 nitrogen and oxygen atoms in total. The van der Waals surface area contributed by atoms with E-state index in [0.717, 1.165) is 6.92 Å². The van der Waals surface area contributed by atoms with Crippen molar-refractivity contribution in [3.05, 3.63) is 0 Å². The summed E-state index contributed by atoms with van der Waals surface area (Å²) in [6, 6.07) is 0. The van der Waals surface area contributed by atoms with Gasteiger partial charge in [0.05, 0.1) is 6.61 Å². The van der Waals surface area contributed by atoms with Crippen LogP contribution in [-0.2, 0) is 9.53 Å². The summed E-state index contributed by atoms with van der Waals surface area (Å²) in [6.45, 7) is 2.68. The van der Waals surface area contributed by atoms with Crippen LogP contribution < -0.4 is 0 Å². The fourth-order valence-electron chi connectivity index (χ4n) is 0.272. The highest BCUT2D eigenvalue weighted by Crippen LogP contribution is 2.05. The van der Waals surface area contributed by atoms with Crippen molar-refractivity contribution >= 4 is 13.8 Å². The van der Waals surface area contributed by atoms with Gasteiger partial charge in [0, 0.05) is 0 Å². The fourth-order valence-corrected chi connectivity index (χ4v) is 0.272. The van der Waals surface area contributed by atoms with Crippen LogP contribution in [0.2, 0.25) is 0 Å². The van der Waals surface area contributed by atoms with Crippen molar-refractivity contribution in [2.45, 2.75) is 19.4 Å². The summed E-state index contributed by atoms with van der Waals surface area (Å²) in [5.74, 6) is -1.02. The molecular weight excluding hydrogens is 122 g/mol. The van der Waals surface area contributed by atoms with E-state index in [9.17, 15) is 9.18 Å². The van der Waals surface area contributed by atoms with Crippen molar-refractivity contribution in [2.75, 3.05) is 6.61 Å². The third-order valence-electron chi connectivity index (χ3n) is 0.675. The summed E-state index contributed by atoms with van der Waals surface area (Å²) in [5.41, 5.74) is -2.35. The van der Waals surface area contributed by atoms with E-state index in [1.54, 1.807) is 6.92 Å². The van der Waals surface area contributed by atoms with Gasteiger partial charge in [-0.05, 0) is 13.8 Å². The molecule has 4 heteroatoms. The van der Waals surface area contributed by atoms with Crippen molar-refractivity contribution in [3.8, 4) is 0 Å². The number of rotatable bonds is 2. The highest BCUT2D eigenvalue weighted by atomic mass is 19.1. The Morgan fingerprint density at radius 1 is 1.89 bits per heavy atom. The van der Waals surface area contributed by atoms with E-state index in [-0.39, 0.29) is 6.61 Å². The lowest BCUT2D eigenvalue weighted by Gasteiger charge is -2.11. The molecule has 50 valence electrons. The minimum absolute atomic E-state index is 0.148. The van der Waals surface area contributed by atoms with Gasteiger partial charge in [0.25, 0.3) is 0 Å². The quantitative estimate of drug-likeness (QED) is 0.399. The number of esters is 1. The zero-order valence-electron chi connectivity index (χ0n) is 5.48. The fraction of sp³-hybridized carbons (Fsp3) is 0.800. The highest BCUT2D eigenvalue weighted by molar-refractivity contribution is 6.25. The number of ether oxygens (including phenoxy) is 1. The normalized spacial score (nSPS) is 16.3. The van der Waals surface area contributed by atoms with Gasteiger partial charge in [-0.1, -0.05) is 0 Å². The first kappa shape index (κ1) is 8.46. The summed E-state index contributed by atoms with van der Waals surface area (Å²) < 4.78 is 16.5. The van der Waals surface area contributed by atoms with Gasteiger partial charge in [-0.25, -0.2) is 9.18 Å². The first-order valence-electron chi connectivity index (χ1n) is 2.63. The van der Waals surface area contributed by atoms with Gasteiger partial charge in [-0.15, -0.1) is 0 Å². The predicted octanol–water partition coefficient (Wildman–Crippen LogP) is 0.404. The maximum absolute atomic E-state index is 12.3. The number of hydrogen-bond acceptors (Lipinski definition) is 2. The van der Waals surface area contributed by atoms with Crippen LogP contribution in [0.25, 0.3) is 0 Å². The van der Waals surface area contributed by atoms with E-state index in [1.807, 2.05) is 0 Å². The molecule has 0 aromatic heterocycles. The van der Waals surface area contributed by atoms with Crippen molar-refractivity contribution in [1.29, 1.82) is 0 Å². The van der Waals surface area contributed by atoms with Gasteiger partial charge in [-0.3, -0.25) is 0 Å². The number of halogens is 1. The standard InChI is InChI=1S/C5H8BFO2/c1-3-9-4(8)5(2,6)7/h3H2,1-2H3. The summed E-state index contributed by atoms with van der Waals surface area (Å²) in [5, 5.41) is 0. The maximum Gasteiger partial charge on any atom is 0.333 e. The lowest BCUT2D eigenvalue weighted by Crippen LogP contribution is -2.32. The van der Waals surface area contributed by atoms with Gasteiger partial charge in [0.2, 0.25) is 0 Å². The second-order valence-corrected chi connectivity index (χ2v) is 1.80. The lowest BCUT2D eigenvalue weighted by molar-refractivity contribution is -0.150. The molecule has 0 aliphatic carbocycles. The van der Waals surface area contributed by atoms with Crippen molar-refractivity contribution in [1.82, 2.24) is 0 Å². The van der Waals surface area contributed by atoms with Gasteiger partial charge < -0.3 is 4.74 Å². The number of carbonyl (C=O) groups is 1. The first-order chi connectivity index (χ1) is 3.98. The lowest BCUT2D eigenvalue weighted by atomic mass is 9.86. The van der Waals surface area contributed by atoms with Crippen LogP contribution in [0.15, 0.2) is 0 Å². The molecule has 0 saturated carbocycles. The molecule has 0 aliphatic heterocycles. The van der Waals surface area contributed by atoms with Gasteiger partial charge >= 0.3 is 5.97 Å². The van der Waals surface area contributed by atoms with Crippen LogP contribution in [0.3, 0.4) is 0 Å². The Labute approximate surface area is 54.8 Å². The van der Waals surface area contributed by atoms with E-state index in [1.165, 1.54) is 0 Å². The zero-order valence-corrected chi connectivity index (χ0v) is 5.48. The molecule has 1 unspecified atom stereocenters. The Morgan fingerprint density at radius 2 is 2.33 bits per heavy atom. The SMILES string of the molecule is [B]C(C)(F)C(=O)OCC. The molecule has 1 atom stereocenters. The zero-order chi connectivity index (χ0) is 7.49. The largest absolute Gasteiger partial charge is 0.464 e. The Kier molecular flexibility index (Phi) is 2.68. The van der Waals surface area contributed by atoms with Crippen LogP contribution >= 0.6 is 0 Å². The Balaban J connectivity index is 3.74. The molecule has 0 aliphatic rings. The smallest absolute Gasteiger partial charge is 0.333 e. The van der Waals surface area contributed by atoms with Crippen molar-refractivity contribution in [3.63, 3.8) is 0 Å². The van der Waals surface area contributed by atoms with E-state index < -0.39 is 11.5 Å². The van der Waals surface area contributed by atoms with Gasteiger partial charge in [-0.2, -0.15) is 0 Å². The van der Waals surface area contributed by atoms with Crippen LogP contribution in [0.5, 0.6) is 0 Å². The Morgan fingerprint density at radius 3 is 2.44 bits per heavy atom. The molecule has 0 aromatic carbocycles. The summed E-state index contributed by atoms with van der Waals surface area (Å²) >= 11 is 0. The molecule has 0 spiro atoms. The Hall–Kier alpha value is -0.535. The van der Waals surface area contributed by atoms with Crippen LogP contribution in [0.4, 0.5) is 4.39 Å². The van der Waals surface area contributed by atoms with Crippen molar-refractivity contribution < 1.29 is 13.9 Å². The number of alkyl halides is 1. The van der Waals surface area contributed by atoms with E-state index in [0.29, 0.717) is 0 Å². The maximum atomic E-state index is 12.3. The molecule has 0 bridgehead atoms. The highest BCUT2D eigenvalue weighted by Gasteiger charge is 2.26. The molecule has 0 saturated heterocycles. The third-order valence-corrected chi connectivity index (χ3v) is 0.675. The molecule has 0 fully saturated rings. The van der Waals surface area contributed by atoms with E-state index in [4.69, 9.17) is 7.85 Å². The average Bonchev–Trinajstić information content (AvgIpc) is 1.64. The molecule has 0 aromatic rings. The molecule has 0 amide bonds. The van der Waals surface area contributed by atoms with Crippen LogP contribution in [0, 0.1) is 0 Å². The predicted molar refractivity (Wildman–Crippen MR) is 31.9 cm³/mol. The summed E-state index contributed by atoms with van der Waals surface area (Å²) in [4.78, 5) is 10.3. The van der Waals surface area contributed by atoms with Gasteiger partial charge in [0.15, 0.2) is 5.57 Å². The Bertz CT molecular complexity index is 108. The second-order valence-electron chi connectivity index (χ2n) is 1.80. The molecule has 0 heterocycles. The number of hydrogen-bond donors (Lipinski definition) is 0. The summed E-state index contributed by atoms with van der Waals surface area (Å²) in [7, 11) is 4.72. The molecule has 0 rings (SSSR count). The minimum atomic E-state index is -2.35. The second kappa shape index (κ2) is 2.85. The molecule has 2 radical (unpaired) electrons. The molecule has 9 heavy (non-hydrogen) atoms. The van der Waals surface area contributed by atoms with Crippen LogP contribution in [0.1, 0.15) is 13.8 Å². The average molecular weight is 130 g/mol. The monoisotopic (exact) mass is 130 g/mol. The number of carbonyl (C=O) groups excluding carboxylic acids is 1. The molecule has 0 N–H and O–H groups in total. The van der Waals surface area contributed by atoms with Crippen LogP contribution in [-0.4, -0.2) is 26.0 Å². The summed E-state index contributed by atoms with van der Waals surface area (Å²) in [6.07, 6.45) is 0. The molecular formula is C5H8BFO2. The third kappa shape index (κ3) is 3.11. The van der Waals surface area contributed by atoms with Crippen molar-refractivity contribution in [2.24, 2.45) is 0 Å². The van der Waals surface area contributed by atoms with E-state index >= 15 is 0 Å². The topological polar surface area (TPSA) is 26.3 Å². The first-order valence-corrected chi connectivity index (χ1v) is 2.63. The van der Waals surface area contributed by atoms with Gasteiger partial charge in [0.1, 0.15) is 7.85 Å². The van der Waals surface area contributed by atoms with E-state index in [2.05, 4.69) is 4.74 Å².